The van der Waals surface area contributed by atoms with Crippen LogP contribution in [-0.4, -0.2) is 27.7 Å². The zero-order chi connectivity index (χ0) is 15.3. The van der Waals surface area contributed by atoms with Crippen LogP contribution in [-0.2, 0) is 4.79 Å². The number of fused-ring (bicyclic) bond motifs is 1. The number of amides is 1. The fourth-order valence-electron chi connectivity index (χ4n) is 2.79. The molecule has 2 saturated heterocycles. The lowest BCUT2D eigenvalue weighted by Crippen LogP contribution is -2.33. The van der Waals surface area contributed by atoms with E-state index in [0.29, 0.717) is 10.8 Å². The van der Waals surface area contributed by atoms with Gasteiger partial charge in [0, 0.05) is 5.75 Å². The monoisotopic (exact) mass is 350 g/mol. The van der Waals surface area contributed by atoms with Crippen molar-refractivity contribution < 1.29 is 9.18 Å². The number of thioether (sulfide) groups is 1. The summed E-state index contributed by atoms with van der Waals surface area (Å²) in [5, 5.41) is 4.70. The molecule has 2 aromatic rings. The molecule has 0 spiro atoms. The van der Waals surface area contributed by atoms with Crippen LogP contribution in [0.25, 0.3) is 0 Å². The van der Waals surface area contributed by atoms with Crippen LogP contribution in [0, 0.1) is 5.82 Å². The Balaban J connectivity index is 1.69. The Bertz CT molecular complexity index is 732. The number of thiophene rings is 1. The predicted octanol–water partition coefficient (Wildman–Crippen LogP) is 3.63. The van der Waals surface area contributed by atoms with Crippen LogP contribution in [0.5, 0.6) is 0 Å². The fraction of sp³-hybridized carbons (Fsp3) is 0.200. The number of nitrogens with zero attached hydrogens (tertiary/aromatic N) is 2. The van der Waals surface area contributed by atoms with Crippen molar-refractivity contribution in [3.63, 3.8) is 0 Å². The Morgan fingerprint density at radius 3 is 2.68 bits per heavy atom. The number of rotatable bonds is 2. The Morgan fingerprint density at radius 2 is 2.00 bits per heavy atom. The standard InChI is InChI=1S/C15H11FN2OS3/c16-10-1-3-11(4-2-10)17-13(19)12-8-22-14(18(12)15(17)20)9-5-6-21-7-9/h1-7,12,14H,8H2/t12-,14+/m0/s1. The molecule has 2 aliphatic heterocycles. The molecule has 0 N–H and O–H groups in total. The lowest BCUT2D eigenvalue weighted by molar-refractivity contribution is -0.119. The second-order valence-electron chi connectivity index (χ2n) is 5.10. The maximum absolute atomic E-state index is 13.1. The summed E-state index contributed by atoms with van der Waals surface area (Å²) in [6.07, 6.45) is 0. The first-order valence-electron chi connectivity index (χ1n) is 6.72. The van der Waals surface area contributed by atoms with Gasteiger partial charge in [-0.3, -0.25) is 9.69 Å². The highest BCUT2D eigenvalue weighted by atomic mass is 32.2. The molecular formula is C15H11FN2OS3. The number of hydrogen-bond donors (Lipinski definition) is 0. The van der Waals surface area contributed by atoms with Gasteiger partial charge >= 0.3 is 0 Å². The van der Waals surface area contributed by atoms with E-state index in [1.165, 1.54) is 22.6 Å². The van der Waals surface area contributed by atoms with E-state index in [-0.39, 0.29) is 23.1 Å². The summed E-state index contributed by atoms with van der Waals surface area (Å²) in [5.41, 5.74) is 1.80. The van der Waals surface area contributed by atoms with Gasteiger partial charge in [-0.25, -0.2) is 4.39 Å². The summed E-state index contributed by atoms with van der Waals surface area (Å²) in [7, 11) is 0. The molecule has 0 saturated carbocycles. The third kappa shape index (κ3) is 2.07. The van der Waals surface area contributed by atoms with Crippen LogP contribution in [0.3, 0.4) is 0 Å². The quantitative estimate of drug-likeness (QED) is 0.772. The fourth-order valence-corrected chi connectivity index (χ4v) is 5.46. The first-order valence-corrected chi connectivity index (χ1v) is 9.12. The number of benzene rings is 1. The molecule has 1 amide bonds. The van der Waals surface area contributed by atoms with E-state index in [4.69, 9.17) is 12.2 Å². The van der Waals surface area contributed by atoms with E-state index < -0.39 is 0 Å². The predicted molar refractivity (Wildman–Crippen MR) is 91.6 cm³/mol. The molecule has 112 valence electrons. The summed E-state index contributed by atoms with van der Waals surface area (Å²) >= 11 is 8.92. The van der Waals surface area contributed by atoms with Crippen molar-refractivity contribution in [3.8, 4) is 0 Å². The van der Waals surface area contributed by atoms with Gasteiger partial charge in [-0.05, 0) is 58.9 Å². The minimum Gasteiger partial charge on any atom is -0.319 e. The van der Waals surface area contributed by atoms with Crippen molar-refractivity contribution in [2.45, 2.75) is 11.4 Å². The number of carbonyl (C=O) groups excluding carboxylic acids is 1. The van der Waals surface area contributed by atoms with Crippen molar-refractivity contribution in [2.24, 2.45) is 0 Å². The topological polar surface area (TPSA) is 23.6 Å². The Morgan fingerprint density at radius 1 is 1.23 bits per heavy atom. The second kappa shape index (κ2) is 5.33. The molecule has 22 heavy (non-hydrogen) atoms. The van der Waals surface area contributed by atoms with Gasteiger partial charge in [-0.15, -0.1) is 11.8 Å². The van der Waals surface area contributed by atoms with Gasteiger partial charge in [0.25, 0.3) is 5.91 Å². The van der Waals surface area contributed by atoms with Gasteiger partial charge < -0.3 is 4.90 Å². The van der Waals surface area contributed by atoms with E-state index in [0.717, 1.165) is 5.75 Å². The Hall–Kier alpha value is -1.44. The molecule has 3 heterocycles. The van der Waals surface area contributed by atoms with Crippen LogP contribution < -0.4 is 4.90 Å². The van der Waals surface area contributed by atoms with E-state index in [9.17, 15) is 9.18 Å². The van der Waals surface area contributed by atoms with Crippen LogP contribution in [0.1, 0.15) is 10.9 Å². The average Bonchev–Trinajstić information content (AvgIpc) is 3.21. The average molecular weight is 350 g/mol. The van der Waals surface area contributed by atoms with Gasteiger partial charge in [-0.2, -0.15) is 11.3 Å². The number of halogens is 1. The minimum absolute atomic E-state index is 0.0261. The molecule has 2 aliphatic rings. The van der Waals surface area contributed by atoms with Crippen LogP contribution in [0.2, 0.25) is 0 Å². The third-order valence-corrected chi connectivity index (χ3v) is 6.25. The third-order valence-electron chi connectivity index (χ3n) is 3.83. The molecular weight excluding hydrogens is 339 g/mol. The highest BCUT2D eigenvalue weighted by molar-refractivity contribution is 7.99. The van der Waals surface area contributed by atoms with Crippen molar-refractivity contribution in [1.82, 2.24) is 4.90 Å². The van der Waals surface area contributed by atoms with Crippen LogP contribution >= 0.6 is 35.3 Å². The molecule has 0 aliphatic carbocycles. The number of carbonyl (C=O) groups is 1. The summed E-state index contributed by atoms with van der Waals surface area (Å²) in [6.45, 7) is 0. The van der Waals surface area contributed by atoms with Crippen LogP contribution in [0.4, 0.5) is 10.1 Å². The van der Waals surface area contributed by atoms with E-state index in [1.807, 2.05) is 10.3 Å². The molecule has 1 aromatic heterocycles. The first kappa shape index (κ1) is 14.2. The number of thiocarbonyl (C=S) groups is 1. The van der Waals surface area contributed by atoms with Crippen molar-refractivity contribution in [3.05, 3.63) is 52.5 Å². The van der Waals surface area contributed by atoms with Crippen molar-refractivity contribution in [1.29, 1.82) is 0 Å². The lowest BCUT2D eigenvalue weighted by Gasteiger charge is -2.24. The van der Waals surface area contributed by atoms with Crippen molar-refractivity contribution in [2.75, 3.05) is 10.7 Å². The first-order chi connectivity index (χ1) is 10.7. The van der Waals surface area contributed by atoms with Gasteiger partial charge in [0.05, 0.1) is 5.69 Å². The zero-order valence-corrected chi connectivity index (χ0v) is 13.8. The van der Waals surface area contributed by atoms with Gasteiger partial charge in [0.2, 0.25) is 0 Å². The number of anilines is 1. The molecule has 0 radical (unpaired) electrons. The molecule has 4 rings (SSSR count). The molecule has 3 nitrogen and oxygen atoms in total. The van der Waals surface area contributed by atoms with Gasteiger partial charge in [-0.1, -0.05) is 0 Å². The summed E-state index contributed by atoms with van der Waals surface area (Å²) in [6, 6.07) is 7.72. The highest BCUT2D eigenvalue weighted by Gasteiger charge is 2.50. The largest absolute Gasteiger partial charge is 0.319 e. The SMILES string of the molecule is O=C1[C@@H]2CS[C@H](c3ccsc3)N2C(=S)N1c1ccc(F)cc1. The number of hydrogen-bond acceptors (Lipinski definition) is 4. The summed E-state index contributed by atoms with van der Waals surface area (Å²) < 4.78 is 13.1. The van der Waals surface area contributed by atoms with Crippen LogP contribution in [0.15, 0.2) is 41.1 Å². The molecule has 0 unspecified atom stereocenters. The molecule has 2 atom stereocenters. The lowest BCUT2D eigenvalue weighted by atomic mass is 10.2. The minimum atomic E-state index is -0.325. The molecule has 0 bridgehead atoms. The zero-order valence-electron chi connectivity index (χ0n) is 11.3. The smallest absolute Gasteiger partial charge is 0.257 e. The normalized spacial score (nSPS) is 24.2. The maximum atomic E-state index is 13.1. The highest BCUT2D eigenvalue weighted by Crippen LogP contribution is 2.46. The summed E-state index contributed by atoms with van der Waals surface area (Å²) in [4.78, 5) is 16.2. The Labute approximate surface area is 140 Å². The second-order valence-corrected chi connectivity index (χ2v) is 7.36. The molecule has 2 fully saturated rings. The van der Waals surface area contributed by atoms with E-state index in [1.54, 1.807) is 35.2 Å². The van der Waals surface area contributed by atoms with E-state index in [2.05, 4.69) is 11.4 Å². The summed E-state index contributed by atoms with van der Waals surface area (Å²) in [5.74, 6) is 0.368. The Kier molecular flexibility index (Phi) is 3.43. The van der Waals surface area contributed by atoms with Gasteiger partial charge in [0.1, 0.15) is 17.2 Å². The van der Waals surface area contributed by atoms with E-state index >= 15 is 0 Å². The molecule has 1 aromatic carbocycles. The van der Waals surface area contributed by atoms with Gasteiger partial charge in [0.15, 0.2) is 5.11 Å². The molecule has 7 heteroatoms. The van der Waals surface area contributed by atoms with Crippen molar-refractivity contribution >= 4 is 52.0 Å². The maximum Gasteiger partial charge on any atom is 0.257 e.